The lowest BCUT2D eigenvalue weighted by Crippen LogP contribution is -2.04. The zero-order valence-corrected chi connectivity index (χ0v) is 6.77. The molecule has 0 aliphatic carbocycles. The van der Waals surface area contributed by atoms with Crippen LogP contribution in [0.1, 0.15) is 11.3 Å². The Hall–Kier alpha value is -1.19. The Morgan fingerprint density at radius 2 is 2.17 bits per heavy atom. The number of aryl methyl sites for hydroxylation is 2. The molecule has 0 spiro atoms. The number of nitrogens with zero attached hydrogens (tertiary/aromatic N) is 1. The predicted octanol–water partition coefficient (Wildman–Crippen LogP) is 2.10. The van der Waals surface area contributed by atoms with Crippen LogP contribution < -0.4 is 4.74 Å². The normalized spacial score (nSPS) is 10.4. The molecule has 12 heavy (non-hydrogen) atoms. The average molecular weight is 172 g/mol. The van der Waals surface area contributed by atoms with Gasteiger partial charge >= 0.3 is 6.61 Å². The predicted molar refractivity (Wildman–Crippen MR) is 39.2 cm³/mol. The van der Waals surface area contributed by atoms with Crippen LogP contribution in [0.3, 0.4) is 0 Å². The first-order valence-electron chi connectivity index (χ1n) is 3.40. The Kier molecular flexibility index (Phi) is 2.58. The van der Waals surface area contributed by atoms with E-state index in [9.17, 15) is 8.78 Å². The zero-order valence-electron chi connectivity index (χ0n) is 6.77. The molecule has 0 saturated heterocycles. The second-order valence-electron chi connectivity index (χ2n) is 2.34. The molecule has 0 N–H and O–H groups in total. The van der Waals surface area contributed by atoms with Crippen LogP contribution in [-0.4, -0.2) is 11.6 Å². The zero-order chi connectivity index (χ0) is 9.14. The van der Waals surface area contributed by atoms with Gasteiger partial charge in [0.1, 0.15) is 5.75 Å². The first-order valence-corrected chi connectivity index (χ1v) is 3.40. The molecule has 0 fully saturated rings. The van der Waals surface area contributed by atoms with E-state index in [1.54, 1.807) is 13.8 Å². The minimum atomic E-state index is -2.80. The first kappa shape index (κ1) is 8.90. The maximum Gasteiger partial charge on any atom is 0.387 e. The van der Waals surface area contributed by atoms with Crippen molar-refractivity contribution in [3.05, 3.63) is 23.5 Å². The number of alkyl halides is 2. The van der Waals surface area contributed by atoms with Gasteiger partial charge in [-0.1, -0.05) is 0 Å². The highest BCUT2D eigenvalue weighted by Crippen LogP contribution is 2.17. The number of halogens is 2. The van der Waals surface area contributed by atoms with E-state index in [1.165, 1.54) is 6.20 Å². The van der Waals surface area contributed by atoms with Gasteiger partial charge in [-0.25, -0.2) is 0 Å². The number of hydrogen-bond donors (Lipinski definition) is 0. The van der Waals surface area contributed by atoms with Gasteiger partial charge in [0.25, 0.3) is 0 Å². The number of hydrogen-bond acceptors (Lipinski definition) is 2. The monoisotopic (exact) mass is 172 g/mol. The maximum absolute atomic E-state index is 11.7. The van der Waals surface area contributed by atoms with Crippen LogP contribution in [0.4, 0.5) is 8.78 Å². The van der Waals surface area contributed by atoms with Crippen LogP contribution in [0.5, 0.6) is 5.75 Å². The SMILES string of the molecule is Cc1[c]c(C)c(OC(F)F)cn1. The van der Waals surface area contributed by atoms with Crippen molar-refractivity contribution < 1.29 is 13.5 Å². The Bertz CT molecular complexity index is 276. The lowest BCUT2D eigenvalue weighted by molar-refractivity contribution is -0.0505. The summed E-state index contributed by atoms with van der Waals surface area (Å²) < 4.78 is 27.6. The third-order valence-corrected chi connectivity index (χ3v) is 1.33. The van der Waals surface area contributed by atoms with Crippen LogP contribution in [0.15, 0.2) is 6.20 Å². The third-order valence-electron chi connectivity index (χ3n) is 1.33. The summed E-state index contributed by atoms with van der Waals surface area (Å²) in [6.07, 6.45) is 1.27. The molecular formula is C8H8F2NO. The minimum absolute atomic E-state index is 0.0793. The van der Waals surface area contributed by atoms with Crippen molar-refractivity contribution in [1.82, 2.24) is 4.98 Å². The summed E-state index contributed by atoms with van der Waals surface area (Å²) in [6.45, 7) is 0.576. The van der Waals surface area contributed by atoms with Crippen molar-refractivity contribution in [3.63, 3.8) is 0 Å². The molecule has 1 heterocycles. The van der Waals surface area contributed by atoms with E-state index in [2.05, 4.69) is 15.8 Å². The van der Waals surface area contributed by atoms with Gasteiger partial charge in [-0.2, -0.15) is 8.78 Å². The van der Waals surface area contributed by atoms with E-state index in [-0.39, 0.29) is 5.75 Å². The maximum atomic E-state index is 11.7. The number of pyridine rings is 1. The topological polar surface area (TPSA) is 22.1 Å². The molecule has 4 heteroatoms. The fourth-order valence-electron chi connectivity index (χ4n) is 0.832. The molecule has 1 rings (SSSR count). The molecule has 65 valence electrons. The minimum Gasteiger partial charge on any atom is -0.433 e. The molecule has 0 atom stereocenters. The van der Waals surface area contributed by atoms with Crippen molar-refractivity contribution in [2.24, 2.45) is 0 Å². The van der Waals surface area contributed by atoms with E-state index in [0.29, 0.717) is 11.3 Å². The van der Waals surface area contributed by atoms with E-state index in [4.69, 9.17) is 0 Å². The average Bonchev–Trinajstić information content (AvgIpc) is 1.94. The molecule has 0 unspecified atom stereocenters. The van der Waals surface area contributed by atoms with Gasteiger partial charge < -0.3 is 4.74 Å². The molecule has 2 nitrogen and oxygen atoms in total. The van der Waals surface area contributed by atoms with Crippen LogP contribution in [0.25, 0.3) is 0 Å². The number of rotatable bonds is 2. The summed E-state index contributed by atoms with van der Waals surface area (Å²) in [4.78, 5) is 3.78. The van der Waals surface area contributed by atoms with Gasteiger partial charge in [0.15, 0.2) is 0 Å². The molecule has 1 aromatic rings. The quantitative estimate of drug-likeness (QED) is 0.681. The van der Waals surface area contributed by atoms with Crippen LogP contribution in [0, 0.1) is 19.9 Å². The van der Waals surface area contributed by atoms with Crippen molar-refractivity contribution in [1.29, 1.82) is 0 Å². The van der Waals surface area contributed by atoms with Crippen LogP contribution in [0.2, 0.25) is 0 Å². The lowest BCUT2D eigenvalue weighted by Gasteiger charge is -2.06. The van der Waals surface area contributed by atoms with Gasteiger partial charge in [0.2, 0.25) is 0 Å². The molecule has 0 saturated carbocycles. The summed E-state index contributed by atoms with van der Waals surface area (Å²) >= 11 is 0. The van der Waals surface area contributed by atoms with E-state index < -0.39 is 6.61 Å². The summed E-state index contributed by atoms with van der Waals surface area (Å²) in [5.41, 5.74) is 1.21. The van der Waals surface area contributed by atoms with Crippen molar-refractivity contribution in [3.8, 4) is 5.75 Å². The van der Waals surface area contributed by atoms with Crippen molar-refractivity contribution in [2.75, 3.05) is 0 Å². The lowest BCUT2D eigenvalue weighted by atomic mass is 10.2. The van der Waals surface area contributed by atoms with E-state index in [1.807, 2.05) is 0 Å². The standard InChI is InChI=1S/C8H8F2NO/c1-5-3-6(2)11-4-7(5)12-8(9)10/h4,8H,1-2H3. The van der Waals surface area contributed by atoms with E-state index in [0.717, 1.165) is 0 Å². The summed E-state index contributed by atoms with van der Waals surface area (Å²) in [6, 6.07) is 2.77. The fraction of sp³-hybridized carbons (Fsp3) is 0.375. The highest BCUT2D eigenvalue weighted by Gasteiger charge is 2.07. The molecule has 0 aliphatic heterocycles. The third kappa shape index (κ3) is 2.15. The summed E-state index contributed by atoms with van der Waals surface area (Å²) in [5, 5.41) is 0. The molecule has 1 aromatic heterocycles. The van der Waals surface area contributed by atoms with Crippen LogP contribution >= 0.6 is 0 Å². The van der Waals surface area contributed by atoms with Crippen molar-refractivity contribution in [2.45, 2.75) is 20.5 Å². The first-order chi connectivity index (χ1) is 5.59. The Morgan fingerprint density at radius 3 is 2.67 bits per heavy atom. The van der Waals surface area contributed by atoms with Crippen molar-refractivity contribution >= 4 is 0 Å². The van der Waals surface area contributed by atoms with Gasteiger partial charge in [-0.3, -0.25) is 4.98 Å². The molecular weight excluding hydrogens is 164 g/mol. The highest BCUT2D eigenvalue weighted by atomic mass is 19.3. The van der Waals surface area contributed by atoms with Crippen LogP contribution in [-0.2, 0) is 0 Å². The molecule has 0 amide bonds. The molecule has 0 aliphatic rings. The van der Waals surface area contributed by atoms with Gasteiger partial charge in [0.05, 0.1) is 6.20 Å². The summed E-state index contributed by atoms with van der Waals surface area (Å²) in [7, 11) is 0. The van der Waals surface area contributed by atoms with Gasteiger partial charge in [-0.15, -0.1) is 0 Å². The fourth-order valence-corrected chi connectivity index (χ4v) is 0.832. The number of aromatic nitrogens is 1. The second-order valence-corrected chi connectivity index (χ2v) is 2.34. The smallest absolute Gasteiger partial charge is 0.387 e. The van der Waals surface area contributed by atoms with Gasteiger partial charge in [-0.05, 0) is 13.8 Å². The molecule has 0 bridgehead atoms. The largest absolute Gasteiger partial charge is 0.433 e. The van der Waals surface area contributed by atoms with E-state index >= 15 is 0 Å². The second kappa shape index (κ2) is 3.47. The Morgan fingerprint density at radius 1 is 1.50 bits per heavy atom. The molecule has 0 aromatic carbocycles. The Balaban J connectivity index is 2.86. The number of ether oxygens (including phenoxy) is 1. The summed E-state index contributed by atoms with van der Waals surface area (Å²) in [5.74, 6) is 0.0793. The Labute approximate surface area is 69.2 Å². The molecule has 1 radical (unpaired) electrons. The van der Waals surface area contributed by atoms with Gasteiger partial charge in [0, 0.05) is 17.3 Å². The highest BCUT2D eigenvalue weighted by molar-refractivity contribution is 5.29.